The maximum atomic E-state index is 11.8. The molecule has 0 N–H and O–H groups in total. The van der Waals surface area contributed by atoms with Gasteiger partial charge in [0.25, 0.3) is 0 Å². The van der Waals surface area contributed by atoms with Gasteiger partial charge < -0.3 is 4.74 Å². The average molecular weight is 248 g/mol. The first kappa shape index (κ1) is 13.3. The van der Waals surface area contributed by atoms with Crippen LogP contribution in [0.1, 0.15) is 33.6 Å². The molecule has 0 saturated carbocycles. The second-order valence-corrected chi connectivity index (χ2v) is 5.20. The lowest BCUT2D eigenvalue weighted by molar-refractivity contribution is -0.120. The summed E-state index contributed by atoms with van der Waals surface area (Å²) in [4.78, 5) is 24.8. The third-order valence-electron chi connectivity index (χ3n) is 2.38. The van der Waals surface area contributed by atoms with Gasteiger partial charge >= 0.3 is 6.09 Å². The van der Waals surface area contributed by atoms with E-state index in [0.717, 1.165) is 6.42 Å². The van der Waals surface area contributed by atoms with Crippen molar-refractivity contribution in [2.75, 3.05) is 12.4 Å². The van der Waals surface area contributed by atoms with Crippen LogP contribution in [0.3, 0.4) is 0 Å². The molecule has 1 unspecified atom stereocenters. The predicted octanol–water partition coefficient (Wildman–Crippen LogP) is 2.19. The molecule has 92 valence electrons. The summed E-state index contributed by atoms with van der Waals surface area (Å²) < 4.78 is 5.24. The average Bonchev–Trinajstić information content (AvgIpc) is 2.62. The minimum atomic E-state index is -0.533. The molecular formula is C11H18ClNO3. The Kier molecular flexibility index (Phi) is 4.19. The van der Waals surface area contributed by atoms with Gasteiger partial charge in [-0.05, 0) is 33.6 Å². The van der Waals surface area contributed by atoms with E-state index in [9.17, 15) is 9.59 Å². The Bertz CT molecular complexity index is 285. The predicted molar refractivity (Wildman–Crippen MR) is 61.7 cm³/mol. The first-order chi connectivity index (χ1) is 7.35. The van der Waals surface area contributed by atoms with Crippen LogP contribution >= 0.6 is 11.6 Å². The Morgan fingerprint density at radius 1 is 1.44 bits per heavy atom. The minimum absolute atomic E-state index is 0.0516. The summed E-state index contributed by atoms with van der Waals surface area (Å²) in [6.45, 7) is 5.99. The number of carbonyl (C=O) groups excluding carboxylic acids is 2. The van der Waals surface area contributed by atoms with Crippen molar-refractivity contribution in [2.45, 2.75) is 45.3 Å². The first-order valence-electron chi connectivity index (χ1n) is 5.43. The van der Waals surface area contributed by atoms with Crippen molar-refractivity contribution in [1.29, 1.82) is 0 Å². The fourth-order valence-electron chi connectivity index (χ4n) is 1.73. The Balaban J connectivity index is 2.65. The van der Waals surface area contributed by atoms with Crippen molar-refractivity contribution < 1.29 is 14.3 Å². The highest BCUT2D eigenvalue weighted by Crippen LogP contribution is 2.21. The fourth-order valence-corrected chi connectivity index (χ4v) is 1.91. The van der Waals surface area contributed by atoms with Crippen LogP contribution < -0.4 is 0 Å². The smallest absolute Gasteiger partial charge is 0.410 e. The molecule has 0 radical (unpaired) electrons. The van der Waals surface area contributed by atoms with Crippen LogP contribution in [-0.4, -0.2) is 40.8 Å². The SMILES string of the molecule is CC(C)(C)OC(=O)N1CCCC1C(=O)CCl. The highest BCUT2D eigenvalue weighted by molar-refractivity contribution is 6.28. The summed E-state index contributed by atoms with van der Waals surface area (Å²) >= 11 is 5.51. The largest absolute Gasteiger partial charge is 0.444 e. The zero-order valence-electron chi connectivity index (χ0n) is 9.96. The number of amides is 1. The number of Topliss-reactive ketones (excluding diaryl/α,β-unsaturated/α-hetero) is 1. The molecule has 0 spiro atoms. The van der Waals surface area contributed by atoms with Gasteiger partial charge in [0.15, 0.2) is 5.78 Å². The number of halogens is 1. The summed E-state index contributed by atoms with van der Waals surface area (Å²) in [5, 5.41) is 0. The zero-order valence-corrected chi connectivity index (χ0v) is 10.7. The number of hydrogen-bond acceptors (Lipinski definition) is 3. The maximum Gasteiger partial charge on any atom is 0.410 e. The van der Waals surface area contributed by atoms with Gasteiger partial charge in [-0.3, -0.25) is 9.69 Å². The van der Waals surface area contributed by atoms with Gasteiger partial charge in [-0.25, -0.2) is 4.79 Å². The van der Waals surface area contributed by atoms with Crippen molar-refractivity contribution in [3.63, 3.8) is 0 Å². The molecule has 0 bridgehead atoms. The molecule has 5 heteroatoms. The third kappa shape index (κ3) is 3.37. The second kappa shape index (κ2) is 5.04. The van der Waals surface area contributed by atoms with E-state index in [0.29, 0.717) is 13.0 Å². The topological polar surface area (TPSA) is 46.6 Å². The van der Waals surface area contributed by atoms with Crippen molar-refractivity contribution in [3.8, 4) is 0 Å². The molecule has 0 aromatic carbocycles. The number of rotatable bonds is 2. The molecule has 0 aromatic rings. The van der Waals surface area contributed by atoms with E-state index < -0.39 is 17.7 Å². The van der Waals surface area contributed by atoms with Gasteiger partial charge in [0.2, 0.25) is 0 Å². The van der Waals surface area contributed by atoms with Gasteiger partial charge in [-0.2, -0.15) is 0 Å². The molecule has 0 aliphatic carbocycles. The van der Waals surface area contributed by atoms with E-state index in [-0.39, 0.29) is 11.7 Å². The van der Waals surface area contributed by atoms with E-state index >= 15 is 0 Å². The first-order valence-corrected chi connectivity index (χ1v) is 5.97. The van der Waals surface area contributed by atoms with E-state index in [4.69, 9.17) is 16.3 Å². The van der Waals surface area contributed by atoms with E-state index in [1.807, 2.05) is 0 Å². The molecule has 1 rings (SSSR count). The number of hydrogen-bond donors (Lipinski definition) is 0. The molecule has 1 heterocycles. The normalized spacial score (nSPS) is 21.0. The summed E-state index contributed by atoms with van der Waals surface area (Å²) in [5.74, 6) is -0.158. The molecule has 1 aliphatic heterocycles. The summed E-state index contributed by atoms with van der Waals surface area (Å²) in [6.07, 6.45) is 1.09. The van der Waals surface area contributed by atoms with E-state index in [1.165, 1.54) is 4.90 Å². The van der Waals surface area contributed by atoms with Gasteiger partial charge in [-0.1, -0.05) is 0 Å². The quantitative estimate of drug-likeness (QED) is 0.703. The van der Waals surface area contributed by atoms with Crippen molar-refractivity contribution >= 4 is 23.5 Å². The van der Waals surface area contributed by atoms with Gasteiger partial charge in [0.1, 0.15) is 5.60 Å². The van der Waals surface area contributed by atoms with Crippen molar-refractivity contribution in [1.82, 2.24) is 4.90 Å². The fraction of sp³-hybridized carbons (Fsp3) is 0.818. The number of ether oxygens (including phenoxy) is 1. The molecular weight excluding hydrogens is 230 g/mol. The van der Waals surface area contributed by atoms with Gasteiger partial charge in [0, 0.05) is 6.54 Å². The summed E-state index contributed by atoms with van der Waals surface area (Å²) in [5.41, 5.74) is -0.533. The van der Waals surface area contributed by atoms with E-state index in [2.05, 4.69) is 0 Å². The summed E-state index contributed by atoms with van der Waals surface area (Å²) in [7, 11) is 0. The molecule has 1 saturated heterocycles. The number of carbonyl (C=O) groups is 2. The lowest BCUT2D eigenvalue weighted by Gasteiger charge is -2.27. The van der Waals surface area contributed by atoms with Crippen LogP contribution in [0.25, 0.3) is 0 Å². The molecule has 0 aromatic heterocycles. The van der Waals surface area contributed by atoms with Crippen LogP contribution in [0.4, 0.5) is 4.79 Å². The molecule has 1 fully saturated rings. The van der Waals surface area contributed by atoms with E-state index in [1.54, 1.807) is 20.8 Å². The van der Waals surface area contributed by atoms with Crippen LogP contribution in [0, 0.1) is 0 Å². The molecule has 1 amide bonds. The molecule has 1 atom stereocenters. The maximum absolute atomic E-state index is 11.8. The number of likely N-dealkylation sites (tertiary alicyclic amines) is 1. The Hall–Kier alpha value is -0.770. The zero-order chi connectivity index (χ0) is 12.3. The van der Waals surface area contributed by atoms with Gasteiger partial charge in [0.05, 0.1) is 11.9 Å². The standard InChI is InChI=1S/C11H18ClNO3/c1-11(2,3)16-10(15)13-6-4-5-8(13)9(14)7-12/h8H,4-7H2,1-3H3. The van der Waals surface area contributed by atoms with Gasteiger partial charge in [-0.15, -0.1) is 11.6 Å². The van der Waals surface area contributed by atoms with Crippen molar-refractivity contribution in [2.24, 2.45) is 0 Å². The second-order valence-electron chi connectivity index (χ2n) is 4.93. The Labute approximate surface area is 101 Å². The van der Waals surface area contributed by atoms with Crippen LogP contribution in [0.2, 0.25) is 0 Å². The number of ketones is 1. The molecule has 4 nitrogen and oxygen atoms in total. The monoisotopic (exact) mass is 247 g/mol. The minimum Gasteiger partial charge on any atom is -0.444 e. The highest BCUT2D eigenvalue weighted by Gasteiger charge is 2.35. The Morgan fingerprint density at radius 2 is 2.06 bits per heavy atom. The Morgan fingerprint density at radius 3 is 2.56 bits per heavy atom. The van der Waals surface area contributed by atoms with Crippen molar-refractivity contribution in [3.05, 3.63) is 0 Å². The molecule has 1 aliphatic rings. The lowest BCUT2D eigenvalue weighted by atomic mass is 10.1. The number of nitrogens with zero attached hydrogens (tertiary/aromatic N) is 1. The number of alkyl halides is 1. The lowest BCUT2D eigenvalue weighted by Crippen LogP contribution is -2.43. The van der Waals surface area contributed by atoms with Crippen LogP contribution in [-0.2, 0) is 9.53 Å². The molecule has 16 heavy (non-hydrogen) atoms. The van der Waals surface area contributed by atoms with Crippen LogP contribution in [0.5, 0.6) is 0 Å². The third-order valence-corrected chi connectivity index (χ3v) is 2.65. The van der Waals surface area contributed by atoms with Crippen LogP contribution in [0.15, 0.2) is 0 Å². The highest BCUT2D eigenvalue weighted by atomic mass is 35.5. The summed E-state index contributed by atoms with van der Waals surface area (Å²) in [6, 6.07) is -0.396.